The predicted molar refractivity (Wildman–Crippen MR) is 95.9 cm³/mol. The van der Waals surface area contributed by atoms with Gasteiger partial charge in [0.1, 0.15) is 12.2 Å². The van der Waals surface area contributed by atoms with Crippen LogP contribution < -0.4 is 9.62 Å². The van der Waals surface area contributed by atoms with Gasteiger partial charge in [-0.3, -0.25) is 9.10 Å². The number of aromatic nitrogens is 3. The number of sulfonamides is 1. The number of aryl methyl sites for hydroxylation is 1. The number of hydrogen-bond donors (Lipinski definition) is 1. The molecule has 25 heavy (non-hydrogen) atoms. The van der Waals surface area contributed by atoms with Gasteiger partial charge in [-0.2, -0.15) is 5.10 Å². The average molecular weight is 365 g/mol. The van der Waals surface area contributed by atoms with E-state index >= 15 is 0 Å². The van der Waals surface area contributed by atoms with Gasteiger partial charge in [-0.15, -0.1) is 0 Å². The Hall–Kier alpha value is -2.42. The first-order valence-electron chi connectivity index (χ1n) is 8.00. The van der Waals surface area contributed by atoms with Crippen molar-refractivity contribution in [1.82, 2.24) is 20.1 Å². The number of rotatable bonds is 7. The summed E-state index contributed by atoms with van der Waals surface area (Å²) in [6.45, 7) is 4.60. The van der Waals surface area contributed by atoms with Crippen LogP contribution in [-0.4, -0.2) is 42.4 Å². The SMILES string of the molecule is CCC(NC(=O)c1ccc(N(C)S(C)(=O)=O)cc1)c1ncnn1CC. The summed E-state index contributed by atoms with van der Waals surface area (Å²) in [5, 5.41) is 7.07. The summed E-state index contributed by atoms with van der Waals surface area (Å²) in [4.78, 5) is 16.7. The first-order chi connectivity index (χ1) is 11.8. The van der Waals surface area contributed by atoms with Gasteiger partial charge in [0.25, 0.3) is 5.91 Å². The van der Waals surface area contributed by atoms with Gasteiger partial charge >= 0.3 is 0 Å². The Bertz CT molecular complexity index is 830. The molecule has 0 aliphatic carbocycles. The van der Waals surface area contributed by atoms with Crippen LogP contribution in [0, 0.1) is 0 Å². The van der Waals surface area contributed by atoms with E-state index in [0.29, 0.717) is 30.0 Å². The van der Waals surface area contributed by atoms with E-state index < -0.39 is 10.0 Å². The third-order valence-corrected chi connectivity index (χ3v) is 5.17. The van der Waals surface area contributed by atoms with E-state index in [9.17, 15) is 13.2 Å². The molecule has 1 atom stereocenters. The van der Waals surface area contributed by atoms with Crippen LogP contribution >= 0.6 is 0 Å². The minimum Gasteiger partial charge on any atom is -0.342 e. The molecule has 136 valence electrons. The number of amides is 1. The summed E-state index contributed by atoms with van der Waals surface area (Å²) < 4.78 is 26.0. The van der Waals surface area contributed by atoms with E-state index in [1.165, 1.54) is 13.4 Å². The maximum atomic E-state index is 12.5. The largest absolute Gasteiger partial charge is 0.342 e. The topological polar surface area (TPSA) is 97.2 Å². The number of benzene rings is 1. The van der Waals surface area contributed by atoms with Crippen LogP contribution in [0.5, 0.6) is 0 Å². The lowest BCUT2D eigenvalue weighted by Gasteiger charge is -2.18. The number of nitrogens with zero attached hydrogens (tertiary/aromatic N) is 4. The van der Waals surface area contributed by atoms with Crippen LogP contribution in [0.4, 0.5) is 5.69 Å². The van der Waals surface area contributed by atoms with Crippen molar-refractivity contribution in [3.8, 4) is 0 Å². The number of carbonyl (C=O) groups is 1. The first-order valence-corrected chi connectivity index (χ1v) is 9.85. The van der Waals surface area contributed by atoms with Crippen molar-refractivity contribution in [3.05, 3.63) is 42.0 Å². The van der Waals surface area contributed by atoms with E-state index in [1.807, 2.05) is 13.8 Å². The van der Waals surface area contributed by atoms with E-state index in [4.69, 9.17) is 0 Å². The normalized spacial score (nSPS) is 12.6. The Balaban J connectivity index is 2.15. The van der Waals surface area contributed by atoms with E-state index in [1.54, 1.807) is 28.9 Å². The molecule has 1 N–H and O–H groups in total. The van der Waals surface area contributed by atoms with Crippen LogP contribution in [-0.2, 0) is 16.6 Å². The minimum absolute atomic E-state index is 0.242. The molecule has 0 saturated heterocycles. The molecular formula is C16H23N5O3S. The van der Waals surface area contributed by atoms with Gasteiger partial charge < -0.3 is 5.32 Å². The van der Waals surface area contributed by atoms with Crippen LogP contribution in [0.25, 0.3) is 0 Å². The zero-order chi connectivity index (χ0) is 18.6. The average Bonchev–Trinajstić information content (AvgIpc) is 3.06. The van der Waals surface area contributed by atoms with Gasteiger partial charge in [0.15, 0.2) is 0 Å². The standard InChI is InChI=1S/C16H23N5O3S/c1-5-14(15-17-11-18-21(15)6-2)19-16(22)12-7-9-13(10-8-12)20(3)25(4,23)24/h7-11,14H,5-6H2,1-4H3,(H,19,22). The summed E-state index contributed by atoms with van der Waals surface area (Å²) in [7, 11) is -1.87. The molecular weight excluding hydrogens is 342 g/mol. The Morgan fingerprint density at radius 1 is 1.28 bits per heavy atom. The molecule has 0 saturated carbocycles. The third kappa shape index (κ3) is 4.36. The second-order valence-corrected chi connectivity index (χ2v) is 7.66. The molecule has 0 fully saturated rings. The Labute approximate surface area is 147 Å². The first kappa shape index (κ1) is 18.9. The number of carbonyl (C=O) groups excluding carboxylic acids is 1. The zero-order valence-electron chi connectivity index (χ0n) is 14.8. The van der Waals surface area contributed by atoms with Crippen molar-refractivity contribution in [1.29, 1.82) is 0 Å². The summed E-state index contributed by atoms with van der Waals surface area (Å²) in [6, 6.07) is 6.16. The van der Waals surface area contributed by atoms with Crippen LogP contribution in [0.3, 0.4) is 0 Å². The van der Waals surface area contributed by atoms with Gasteiger partial charge in [0, 0.05) is 19.2 Å². The van der Waals surface area contributed by atoms with Crippen molar-refractivity contribution in [2.75, 3.05) is 17.6 Å². The number of hydrogen-bond acceptors (Lipinski definition) is 5. The molecule has 0 radical (unpaired) electrons. The summed E-state index contributed by atoms with van der Waals surface area (Å²) >= 11 is 0. The van der Waals surface area contributed by atoms with Crippen molar-refractivity contribution < 1.29 is 13.2 Å². The molecule has 1 heterocycles. The highest BCUT2D eigenvalue weighted by Crippen LogP contribution is 2.18. The van der Waals surface area contributed by atoms with Crippen LogP contribution in [0.15, 0.2) is 30.6 Å². The number of nitrogens with one attached hydrogen (secondary N) is 1. The molecule has 8 nitrogen and oxygen atoms in total. The van der Waals surface area contributed by atoms with Crippen molar-refractivity contribution >= 4 is 21.6 Å². The molecule has 0 spiro atoms. The molecule has 2 rings (SSSR count). The molecule has 0 aliphatic heterocycles. The molecule has 1 aromatic carbocycles. The summed E-state index contributed by atoms with van der Waals surface area (Å²) in [5.74, 6) is 0.470. The fraction of sp³-hybridized carbons (Fsp3) is 0.438. The lowest BCUT2D eigenvalue weighted by molar-refractivity contribution is 0.0932. The lowest BCUT2D eigenvalue weighted by atomic mass is 10.1. The second kappa shape index (κ2) is 7.64. The smallest absolute Gasteiger partial charge is 0.251 e. The maximum Gasteiger partial charge on any atom is 0.251 e. The van der Waals surface area contributed by atoms with E-state index in [2.05, 4.69) is 15.4 Å². The molecule has 9 heteroatoms. The number of anilines is 1. The molecule has 1 unspecified atom stereocenters. The van der Waals surface area contributed by atoms with Crippen molar-refractivity contribution in [2.45, 2.75) is 32.9 Å². The predicted octanol–water partition coefficient (Wildman–Crippen LogP) is 1.57. The van der Waals surface area contributed by atoms with Gasteiger partial charge in [-0.1, -0.05) is 6.92 Å². The molecule has 1 aromatic heterocycles. The summed E-state index contributed by atoms with van der Waals surface area (Å²) in [6.07, 6.45) is 3.28. The van der Waals surface area contributed by atoms with Gasteiger partial charge in [-0.05, 0) is 37.6 Å². The molecule has 1 amide bonds. The third-order valence-electron chi connectivity index (χ3n) is 3.96. The Morgan fingerprint density at radius 3 is 2.44 bits per heavy atom. The lowest BCUT2D eigenvalue weighted by Crippen LogP contribution is -2.30. The highest BCUT2D eigenvalue weighted by molar-refractivity contribution is 7.92. The minimum atomic E-state index is -3.33. The second-order valence-electron chi connectivity index (χ2n) is 5.65. The van der Waals surface area contributed by atoms with Gasteiger partial charge in [0.05, 0.1) is 18.0 Å². The van der Waals surface area contributed by atoms with Crippen molar-refractivity contribution in [2.24, 2.45) is 0 Å². The zero-order valence-corrected chi connectivity index (χ0v) is 15.6. The molecule has 0 bridgehead atoms. The van der Waals surface area contributed by atoms with Crippen LogP contribution in [0.1, 0.15) is 42.5 Å². The van der Waals surface area contributed by atoms with Gasteiger partial charge in [0.2, 0.25) is 10.0 Å². The Morgan fingerprint density at radius 2 is 1.92 bits per heavy atom. The van der Waals surface area contributed by atoms with Gasteiger partial charge in [-0.25, -0.2) is 18.1 Å². The van der Waals surface area contributed by atoms with E-state index in [-0.39, 0.29) is 11.9 Å². The fourth-order valence-corrected chi connectivity index (χ4v) is 2.90. The van der Waals surface area contributed by atoms with Crippen LogP contribution in [0.2, 0.25) is 0 Å². The maximum absolute atomic E-state index is 12.5. The highest BCUT2D eigenvalue weighted by Gasteiger charge is 2.19. The molecule has 0 aliphatic rings. The highest BCUT2D eigenvalue weighted by atomic mass is 32.2. The van der Waals surface area contributed by atoms with E-state index in [0.717, 1.165) is 10.6 Å². The monoisotopic (exact) mass is 365 g/mol. The quantitative estimate of drug-likeness (QED) is 0.803. The summed E-state index contributed by atoms with van der Waals surface area (Å²) in [5.41, 5.74) is 0.948. The van der Waals surface area contributed by atoms with Crippen molar-refractivity contribution in [3.63, 3.8) is 0 Å². The fourth-order valence-electron chi connectivity index (χ4n) is 2.39. The molecule has 2 aromatic rings. The Kier molecular flexibility index (Phi) is 5.78.